The van der Waals surface area contributed by atoms with Crippen molar-refractivity contribution in [2.45, 2.75) is 39.8 Å². The first-order valence-corrected chi connectivity index (χ1v) is 8.88. The summed E-state index contributed by atoms with van der Waals surface area (Å²) in [6.07, 6.45) is 0. The van der Waals surface area contributed by atoms with Crippen molar-refractivity contribution in [1.29, 1.82) is 0 Å². The van der Waals surface area contributed by atoms with Gasteiger partial charge in [0.2, 0.25) is 5.91 Å². The number of carbonyl (C=O) groups is 1. The minimum atomic E-state index is -0.249. The number of guanidine groups is 1. The minimum Gasteiger partial charge on any atom is -0.491 e. The fraction of sp³-hybridized carbons (Fsp3) is 0.579. The van der Waals surface area contributed by atoms with Crippen LogP contribution in [-0.2, 0) is 16.1 Å². The Morgan fingerprint density at radius 2 is 1.81 bits per heavy atom. The first-order valence-electron chi connectivity index (χ1n) is 8.88. The van der Waals surface area contributed by atoms with Gasteiger partial charge < -0.3 is 25.4 Å². The summed E-state index contributed by atoms with van der Waals surface area (Å²) in [7, 11) is 1.65. The van der Waals surface area contributed by atoms with Crippen molar-refractivity contribution >= 4 is 11.9 Å². The van der Waals surface area contributed by atoms with Crippen LogP contribution in [0.1, 0.15) is 33.3 Å². The number of aliphatic imine (C=N–C) groups is 1. The van der Waals surface area contributed by atoms with Crippen LogP contribution in [0.5, 0.6) is 5.75 Å². The Morgan fingerprint density at radius 3 is 2.38 bits per heavy atom. The molecule has 0 aliphatic heterocycles. The molecule has 7 heteroatoms. The Labute approximate surface area is 156 Å². The quantitative estimate of drug-likeness (QED) is 0.353. The molecule has 0 spiro atoms. The lowest BCUT2D eigenvalue weighted by atomic mass is 10.1. The topological polar surface area (TPSA) is 84.0 Å². The lowest BCUT2D eigenvalue weighted by Crippen LogP contribution is -2.48. The molecule has 0 saturated heterocycles. The van der Waals surface area contributed by atoms with Crippen molar-refractivity contribution in [2.24, 2.45) is 4.99 Å². The Kier molecular flexibility index (Phi) is 9.51. The molecule has 0 atom stereocenters. The van der Waals surface area contributed by atoms with Gasteiger partial charge in [0.15, 0.2) is 5.96 Å². The predicted molar refractivity (Wildman–Crippen MR) is 105 cm³/mol. The van der Waals surface area contributed by atoms with E-state index >= 15 is 0 Å². The van der Waals surface area contributed by atoms with E-state index in [2.05, 4.69) is 20.9 Å². The van der Waals surface area contributed by atoms with Crippen LogP contribution in [-0.4, -0.2) is 50.8 Å². The minimum absolute atomic E-state index is 0.0688. The van der Waals surface area contributed by atoms with Crippen molar-refractivity contribution in [3.8, 4) is 5.75 Å². The highest BCUT2D eigenvalue weighted by atomic mass is 16.5. The molecule has 0 aliphatic carbocycles. The van der Waals surface area contributed by atoms with Gasteiger partial charge in [-0.1, -0.05) is 12.1 Å². The van der Waals surface area contributed by atoms with Crippen molar-refractivity contribution in [2.75, 3.05) is 33.4 Å². The molecule has 0 bridgehead atoms. The average molecular weight is 364 g/mol. The highest BCUT2D eigenvalue weighted by molar-refractivity contribution is 5.86. The molecule has 1 rings (SSSR count). The number of methoxy groups -OCH3 is 1. The number of hydrogen-bond acceptors (Lipinski definition) is 4. The molecule has 26 heavy (non-hydrogen) atoms. The molecule has 0 aromatic heterocycles. The van der Waals surface area contributed by atoms with Crippen molar-refractivity contribution in [3.05, 3.63) is 29.8 Å². The zero-order valence-electron chi connectivity index (χ0n) is 16.5. The molecule has 0 fully saturated rings. The van der Waals surface area contributed by atoms with Crippen molar-refractivity contribution < 1.29 is 14.3 Å². The third-order valence-electron chi connectivity index (χ3n) is 3.17. The number of amides is 1. The van der Waals surface area contributed by atoms with Gasteiger partial charge in [0.25, 0.3) is 0 Å². The maximum atomic E-state index is 11.9. The normalized spacial score (nSPS) is 11.8. The number of ether oxygens (including phenoxy) is 2. The smallest absolute Gasteiger partial charge is 0.239 e. The van der Waals surface area contributed by atoms with Crippen LogP contribution in [0.15, 0.2) is 29.3 Å². The molecule has 0 radical (unpaired) electrons. The summed E-state index contributed by atoms with van der Waals surface area (Å²) < 4.78 is 10.5. The van der Waals surface area contributed by atoms with Crippen LogP contribution >= 0.6 is 0 Å². The van der Waals surface area contributed by atoms with E-state index in [1.807, 2.05) is 52.0 Å². The molecule has 146 valence electrons. The molecule has 1 aromatic carbocycles. The van der Waals surface area contributed by atoms with Gasteiger partial charge in [-0.15, -0.1) is 0 Å². The summed E-state index contributed by atoms with van der Waals surface area (Å²) in [5, 5.41) is 9.09. The molecule has 7 nitrogen and oxygen atoms in total. The summed E-state index contributed by atoms with van der Waals surface area (Å²) in [4.78, 5) is 16.4. The standard InChI is InChI=1S/C19H32N4O3/c1-6-20-18(22-14-17(24)23-19(2,3)4)21-13-15-7-9-16(10-8-15)26-12-11-25-5/h7-10H,6,11-14H2,1-5H3,(H,23,24)(H2,20,21,22). The zero-order chi connectivity index (χ0) is 19.4. The second-order valence-corrected chi connectivity index (χ2v) is 6.83. The zero-order valence-corrected chi connectivity index (χ0v) is 16.5. The highest BCUT2D eigenvalue weighted by Crippen LogP contribution is 2.12. The van der Waals surface area contributed by atoms with Gasteiger partial charge in [0.05, 0.1) is 19.7 Å². The molecule has 1 amide bonds. The SMILES string of the molecule is CCNC(=NCc1ccc(OCCOC)cc1)NCC(=O)NC(C)(C)C. The number of carbonyl (C=O) groups excluding carboxylic acids is 1. The third kappa shape index (κ3) is 9.88. The molecular formula is C19H32N4O3. The molecule has 1 aromatic rings. The molecular weight excluding hydrogens is 332 g/mol. The average Bonchev–Trinajstić information content (AvgIpc) is 2.57. The van der Waals surface area contributed by atoms with Crippen molar-refractivity contribution in [1.82, 2.24) is 16.0 Å². The van der Waals surface area contributed by atoms with Crippen LogP contribution < -0.4 is 20.7 Å². The fourth-order valence-corrected chi connectivity index (χ4v) is 2.07. The summed E-state index contributed by atoms with van der Waals surface area (Å²) in [6, 6.07) is 7.78. The maximum Gasteiger partial charge on any atom is 0.239 e. The Morgan fingerprint density at radius 1 is 1.12 bits per heavy atom. The van der Waals surface area contributed by atoms with Crippen LogP contribution in [0.4, 0.5) is 0 Å². The van der Waals surface area contributed by atoms with E-state index in [1.165, 1.54) is 0 Å². The number of hydrogen-bond donors (Lipinski definition) is 3. The lowest BCUT2D eigenvalue weighted by Gasteiger charge is -2.21. The molecule has 0 heterocycles. The number of nitrogens with zero attached hydrogens (tertiary/aromatic N) is 1. The Hall–Kier alpha value is -2.28. The fourth-order valence-electron chi connectivity index (χ4n) is 2.07. The van der Waals surface area contributed by atoms with E-state index in [4.69, 9.17) is 9.47 Å². The van der Waals surface area contributed by atoms with Crippen LogP contribution in [0.3, 0.4) is 0 Å². The van der Waals surface area contributed by atoms with Crippen LogP contribution in [0.2, 0.25) is 0 Å². The summed E-state index contributed by atoms with van der Waals surface area (Å²) in [5.74, 6) is 1.34. The molecule has 0 saturated carbocycles. The van der Waals surface area contributed by atoms with E-state index in [0.29, 0.717) is 25.7 Å². The highest BCUT2D eigenvalue weighted by Gasteiger charge is 2.13. The molecule has 3 N–H and O–H groups in total. The van der Waals surface area contributed by atoms with E-state index < -0.39 is 0 Å². The predicted octanol–water partition coefficient (Wildman–Crippen LogP) is 1.68. The number of benzene rings is 1. The summed E-state index contributed by atoms with van der Waals surface area (Å²) >= 11 is 0. The first-order chi connectivity index (χ1) is 12.3. The third-order valence-corrected chi connectivity index (χ3v) is 3.17. The Bertz CT molecular complexity index is 565. The second-order valence-electron chi connectivity index (χ2n) is 6.83. The number of rotatable bonds is 9. The van der Waals surface area contributed by atoms with Gasteiger partial charge in [0.1, 0.15) is 12.4 Å². The van der Waals surface area contributed by atoms with E-state index in [0.717, 1.165) is 17.9 Å². The van der Waals surface area contributed by atoms with Gasteiger partial charge in [-0.2, -0.15) is 0 Å². The van der Waals surface area contributed by atoms with Gasteiger partial charge in [-0.25, -0.2) is 4.99 Å². The lowest BCUT2D eigenvalue weighted by molar-refractivity contribution is -0.121. The summed E-state index contributed by atoms with van der Waals surface area (Å²) in [6.45, 7) is 10.3. The van der Waals surface area contributed by atoms with Crippen LogP contribution in [0.25, 0.3) is 0 Å². The van der Waals surface area contributed by atoms with E-state index in [-0.39, 0.29) is 18.0 Å². The van der Waals surface area contributed by atoms with Gasteiger partial charge in [-0.05, 0) is 45.4 Å². The maximum absolute atomic E-state index is 11.9. The van der Waals surface area contributed by atoms with Crippen LogP contribution in [0, 0.1) is 0 Å². The van der Waals surface area contributed by atoms with Gasteiger partial charge in [-0.3, -0.25) is 4.79 Å². The summed E-state index contributed by atoms with van der Waals surface area (Å²) in [5.41, 5.74) is 0.807. The molecule has 0 aliphatic rings. The van der Waals surface area contributed by atoms with E-state index in [1.54, 1.807) is 7.11 Å². The largest absolute Gasteiger partial charge is 0.491 e. The second kappa shape index (κ2) is 11.4. The molecule has 0 unspecified atom stereocenters. The van der Waals surface area contributed by atoms with Gasteiger partial charge >= 0.3 is 0 Å². The monoisotopic (exact) mass is 364 g/mol. The van der Waals surface area contributed by atoms with Gasteiger partial charge in [0, 0.05) is 19.2 Å². The van der Waals surface area contributed by atoms with Crippen molar-refractivity contribution in [3.63, 3.8) is 0 Å². The first kappa shape index (κ1) is 21.8. The van der Waals surface area contributed by atoms with E-state index in [9.17, 15) is 4.79 Å². The number of nitrogens with one attached hydrogen (secondary N) is 3. The Balaban J connectivity index is 2.53.